The van der Waals surface area contributed by atoms with Gasteiger partial charge in [0.05, 0.1) is 5.56 Å². The third kappa shape index (κ3) is 1.99. The van der Waals surface area contributed by atoms with Crippen LogP contribution in [0.4, 0.5) is 5.69 Å². The smallest absolute Gasteiger partial charge is 0.336 e. The van der Waals surface area contributed by atoms with Crippen LogP contribution in [-0.4, -0.2) is 11.1 Å². The number of carboxylic acid groups (broad SMARTS) is 1. The van der Waals surface area contributed by atoms with Crippen molar-refractivity contribution in [2.75, 3.05) is 5.73 Å². The molecule has 0 heterocycles. The number of hydrogen-bond donors (Lipinski definition) is 2. The van der Waals surface area contributed by atoms with Gasteiger partial charge in [-0.3, -0.25) is 0 Å². The molecule has 3 N–H and O–H groups in total. The molecule has 3 heteroatoms. The van der Waals surface area contributed by atoms with Crippen LogP contribution in [0.2, 0.25) is 0 Å². The molecule has 2 aromatic rings. The number of rotatable bonds is 2. The number of carbonyl (C=O) groups is 1. The summed E-state index contributed by atoms with van der Waals surface area (Å²) in [7, 11) is 0. The van der Waals surface area contributed by atoms with Crippen molar-refractivity contribution < 1.29 is 9.90 Å². The Hall–Kier alpha value is -2.29. The van der Waals surface area contributed by atoms with Crippen LogP contribution in [0.5, 0.6) is 0 Å². The minimum Gasteiger partial charge on any atom is -0.478 e. The summed E-state index contributed by atoms with van der Waals surface area (Å²) >= 11 is 0. The Morgan fingerprint density at radius 3 is 2.47 bits per heavy atom. The maximum Gasteiger partial charge on any atom is 0.336 e. The van der Waals surface area contributed by atoms with Crippen molar-refractivity contribution in [3.05, 3.63) is 53.6 Å². The zero-order valence-corrected chi connectivity index (χ0v) is 9.47. The Balaban J connectivity index is 2.73. The van der Waals surface area contributed by atoms with Gasteiger partial charge in [-0.2, -0.15) is 0 Å². The highest BCUT2D eigenvalue weighted by Crippen LogP contribution is 2.31. The Kier molecular flexibility index (Phi) is 2.83. The number of aromatic carboxylic acids is 1. The third-order valence-electron chi connectivity index (χ3n) is 2.73. The van der Waals surface area contributed by atoms with Gasteiger partial charge in [-0.25, -0.2) is 4.79 Å². The van der Waals surface area contributed by atoms with Crippen molar-refractivity contribution >= 4 is 11.7 Å². The topological polar surface area (TPSA) is 63.3 Å². The number of aryl methyl sites for hydroxylation is 1. The van der Waals surface area contributed by atoms with E-state index >= 15 is 0 Å². The van der Waals surface area contributed by atoms with Crippen molar-refractivity contribution in [3.63, 3.8) is 0 Å². The summed E-state index contributed by atoms with van der Waals surface area (Å²) in [4.78, 5) is 11.2. The van der Waals surface area contributed by atoms with Crippen molar-refractivity contribution in [1.29, 1.82) is 0 Å². The molecule has 0 amide bonds. The van der Waals surface area contributed by atoms with Crippen molar-refractivity contribution in [1.82, 2.24) is 0 Å². The van der Waals surface area contributed by atoms with Gasteiger partial charge >= 0.3 is 5.97 Å². The summed E-state index contributed by atoms with van der Waals surface area (Å²) in [5.41, 5.74) is 9.23. The predicted octanol–water partition coefficient (Wildman–Crippen LogP) is 2.94. The summed E-state index contributed by atoms with van der Waals surface area (Å²) in [6.45, 7) is 1.92. The molecule has 0 saturated heterocycles. The van der Waals surface area contributed by atoms with E-state index in [0.717, 1.165) is 11.1 Å². The first-order chi connectivity index (χ1) is 8.11. The molecule has 3 nitrogen and oxygen atoms in total. The van der Waals surface area contributed by atoms with E-state index in [0.29, 0.717) is 11.3 Å². The van der Waals surface area contributed by atoms with Crippen molar-refractivity contribution in [3.8, 4) is 11.1 Å². The number of nitrogen functional groups attached to an aromatic ring is 1. The fraction of sp³-hybridized carbons (Fsp3) is 0.0714. The lowest BCUT2D eigenvalue weighted by Crippen LogP contribution is -2.01. The van der Waals surface area contributed by atoms with Crippen LogP contribution >= 0.6 is 0 Å². The fourth-order valence-corrected chi connectivity index (χ4v) is 1.95. The quantitative estimate of drug-likeness (QED) is 0.775. The van der Waals surface area contributed by atoms with E-state index in [9.17, 15) is 4.79 Å². The molecule has 0 aliphatic rings. The highest BCUT2D eigenvalue weighted by atomic mass is 16.4. The molecule has 2 rings (SSSR count). The van der Waals surface area contributed by atoms with Crippen molar-refractivity contribution in [2.45, 2.75) is 6.92 Å². The Labute approximate surface area is 99.5 Å². The first kappa shape index (κ1) is 11.2. The minimum atomic E-state index is -0.941. The summed E-state index contributed by atoms with van der Waals surface area (Å²) < 4.78 is 0. The molecular weight excluding hydrogens is 214 g/mol. The largest absolute Gasteiger partial charge is 0.478 e. The summed E-state index contributed by atoms with van der Waals surface area (Å²) in [5, 5.41) is 9.17. The average molecular weight is 227 g/mol. The SMILES string of the molecule is Cc1cccc(N)c1-c1ccccc1C(=O)O. The highest BCUT2D eigenvalue weighted by molar-refractivity contribution is 5.98. The molecule has 0 spiro atoms. The van der Waals surface area contributed by atoms with Gasteiger partial charge in [0.25, 0.3) is 0 Å². The van der Waals surface area contributed by atoms with E-state index < -0.39 is 5.97 Å². The molecule has 0 aliphatic heterocycles. The highest BCUT2D eigenvalue weighted by Gasteiger charge is 2.14. The molecule has 0 unspecified atom stereocenters. The molecule has 0 bridgehead atoms. The number of hydrogen-bond acceptors (Lipinski definition) is 2. The summed E-state index contributed by atoms with van der Waals surface area (Å²) in [6.07, 6.45) is 0. The van der Waals surface area contributed by atoms with Gasteiger partial charge in [0, 0.05) is 11.3 Å². The van der Waals surface area contributed by atoms with E-state index in [1.165, 1.54) is 0 Å². The number of benzene rings is 2. The maximum absolute atomic E-state index is 11.2. The third-order valence-corrected chi connectivity index (χ3v) is 2.73. The zero-order chi connectivity index (χ0) is 12.4. The molecule has 0 atom stereocenters. The van der Waals surface area contributed by atoms with Gasteiger partial charge in [0.2, 0.25) is 0 Å². The van der Waals surface area contributed by atoms with Gasteiger partial charge in [-0.05, 0) is 30.2 Å². The van der Waals surface area contributed by atoms with Crippen LogP contribution in [0.25, 0.3) is 11.1 Å². The maximum atomic E-state index is 11.2. The lowest BCUT2D eigenvalue weighted by molar-refractivity contribution is 0.0698. The second-order valence-electron chi connectivity index (χ2n) is 3.89. The van der Waals surface area contributed by atoms with Gasteiger partial charge in [-0.15, -0.1) is 0 Å². The van der Waals surface area contributed by atoms with Gasteiger partial charge in [-0.1, -0.05) is 30.3 Å². The van der Waals surface area contributed by atoms with Crippen LogP contribution < -0.4 is 5.73 Å². The molecule has 17 heavy (non-hydrogen) atoms. The Morgan fingerprint density at radius 1 is 1.12 bits per heavy atom. The van der Waals surface area contributed by atoms with Gasteiger partial charge in [0.15, 0.2) is 0 Å². The van der Waals surface area contributed by atoms with Crippen LogP contribution in [0, 0.1) is 6.92 Å². The molecule has 0 aliphatic carbocycles. The Bertz CT molecular complexity index is 556. The van der Waals surface area contributed by atoms with Crippen LogP contribution in [-0.2, 0) is 0 Å². The van der Waals surface area contributed by atoms with Crippen LogP contribution in [0.1, 0.15) is 15.9 Å². The molecule has 2 aromatic carbocycles. The number of carboxylic acids is 1. The molecule has 0 aromatic heterocycles. The second-order valence-corrected chi connectivity index (χ2v) is 3.89. The van der Waals surface area contributed by atoms with E-state index in [2.05, 4.69) is 0 Å². The predicted molar refractivity (Wildman–Crippen MR) is 68.0 cm³/mol. The van der Waals surface area contributed by atoms with Crippen molar-refractivity contribution in [2.24, 2.45) is 0 Å². The minimum absolute atomic E-state index is 0.272. The van der Waals surface area contributed by atoms with E-state index in [1.54, 1.807) is 24.3 Å². The average Bonchev–Trinajstić information content (AvgIpc) is 2.29. The van der Waals surface area contributed by atoms with E-state index in [1.807, 2.05) is 25.1 Å². The zero-order valence-electron chi connectivity index (χ0n) is 9.47. The first-order valence-electron chi connectivity index (χ1n) is 5.29. The fourth-order valence-electron chi connectivity index (χ4n) is 1.95. The normalized spacial score (nSPS) is 10.2. The summed E-state index contributed by atoms with van der Waals surface area (Å²) in [5.74, 6) is -0.941. The number of anilines is 1. The lowest BCUT2D eigenvalue weighted by Gasteiger charge is -2.11. The van der Waals surface area contributed by atoms with E-state index in [-0.39, 0.29) is 5.56 Å². The first-order valence-corrected chi connectivity index (χ1v) is 5.29. The second kappa shape index (κ2) is 4.29. The Morgan fingerprint density at radius 2 is 1.82 bits per heavy atom. The van der Waals surface area contributed by atoms with Crippen LogP contribution in [0.15, 0.2) is 42.5 Å². The molecular formula is C14H13NO2. The van der Waals surface area contributed by atoms with Gasteiger partial charge < -0.3 is 10.8 Å². The standard InChI is InChI=1S/C14H13NO2/c1-9-5-4-8-12(15)13(9)10-6-2-3-7-11(10)14(16)17/h2-8H,15H2,1H3,(H,16,17). The number of nitrogens with two attached hydrogens (primary N) is 1. The molecule has 0 saturated carbocycles. The summed E-state index contributed by atoms with van der Waals surface area (Å²) in [6, 6.07) is 12.4. The van der Waals surface area contributed by atoms with Crippen LogP contribution in [0.3, 0.4) is 0 Å². The monoisotopic (exact) mass is 227 g/mol. The molecule has 86 valence electrons. The van der Waals surface area contributed by atoms with Gasteiger partial charge in [0.1, 0.15) is 0 Å². The van der Waals surface area contributed by atoms with E-state index in [4.69, 9.17) is 10.8 Å². The molecule has 0 radical (unpaired) electrons. The lowest BCUT2D eigenvalue weighted by atomic mass is 9.94. The molecule has 0 fully saturated rings.